The van der Waals surface area contributed by atoms with E-state index in [1.807, 2.05) is 0 Å². The van der Waals surface area contributed by atoms with Gasteiger partial charge in [0.1, 0.15) is 0 Å². The number of sulfone groups is 1. The van der Waals surface area contributed by atoms with Crippen LogP contribution in [0.25, 0.3) is 0 Å². The highest BCUT2D eigenvalue weighted by Crippen LogP contribution is 2.22. The predicted octanol–water partition coefficient (Wildman–Crippen LogP) is 1.43. The fraction of sp³-hybridized carbons (Fsp3) is 0.533. The molecule has 1 aliphatic rings. The van der Waals surface area contributed by atoms with E-state index in [2.05, 4.69) is 0 Å². The third-order valence-electron chi connectivity index (χ3n) is 4.13. The Labute approximate surface area is 126 Å². The van der Waals surface area contributed by atoms with Crippen molar-refractivity contribution in [3.63, 3.8) is 0 Å². The molecule has 1 aromatic carbocycles. The van der Waals surface area contributed by atoms with Crippen LogP contribution in [0.3, 0.4) is 0 Å². The number of amides is 1. The molecule has 0 bridgehead atoms. The summed E-state index contributed by atoms with van der Waals surface area (Å²) in [5, 5.41) is 0. The van der Waals surface area contributed by atoms with Gasteiger partial charge in [-0.15, -0.1) is 0 Å². The van der Waals surface area contributed by atoms with Crippen molar-refractivity contribution in [1.29, 1.82) is 0 Å². The average Bonchev–Trinajstić information content (AvgIpc) is 2.45. The number of likely N-dealkylation sites (N-methyl/N-ethyl adjacent to an activating group) is 1. The molecule has 116 valence electrons. The molecule has 0 spiro atoms. The van der Waals surface area contributed by atoms with E-state index in [4.69, 9.17) is 5.73 Å². The van der Waals surface area contributed by atoms with E-state index in [0.717, 1.165) is 31.9 Å². The molecule has 2 atom stereocenters. The minimum atomic E-state index is -3.24. The van der Waals surface area contributed by atoms with Gasteiger partial charge in [-0.3, -0.25) is 4.79 Å². The summed E-state index contributed by atoms with van der Waals surface area (Å²) in [5.74, 6) is -0.114. The van der Waals surface area contributed by atoms with Gasteiger partial charge in [0.25, 0.3) is 5.91 Å². The van der Waals surface area contributed by atoms with Gasteiger partial charge in [-0.25, -0.2) is 8.42 Å². The fourth-order valence-electron chi connectivity index (χ4n) is 2.82. The molecule has 21 heavy (non-hydrogen) atoms. The van der Waals surface area contributed by atoms with Crippen molar-refractivity contribution in [2.45, 2.75) is 42.7 Å². The van der Waals surface area contributed by atoms with Crippen molar-refractivity contribution in [3.05, 3.63) is 29.8 Å². The van der Waals surface area contributed by atoms with Crippen LogP contribution >= 0.6 is 0 Å². The maximum Gasteiger partial charge on any atom is 0.253 e. The molecule has 1 saturated carbocycles. The Morgan fingerprint density at radius 3 is 2.29 bits per heavy atom. The number of hydrogen-bond acceptors (Lipinski definition) is 4. The van der Waals surface area contributed by atoms with Crippen LogP contribution in [0.1, 0.15) is 36.0 Å². The van der Waals surface area contributed by atoms with Crippen LogP contribution in [-0.2, 0) is 9.84 Å². The van der Waals surface area contributed by atoms with E-state index in [-0.39, 0.29) is 22.9 Å². The molecule has 2 unspecified atom stereocenters. The SMILES string of the molecule is CN(C(=O)c1ccc(S(C)(=O)=O)cc1)C1CCCCC1N. The second-order valence-electron chi connectivity index (χ2n) is 5.73. The van der Waals surface area contributed by atoms with Crippen LogP contribution in [0, 0.1) is 0 Å². The lowest BCUT2D eigenvalue weighted by Crippen LogP contribution is -2.50. The van der Waals surface area contributed by atoms with Crippen LogP contribution in [0.5, 0.6) is 0 Å². The van der Waals surface area contributed by atoms with Gasteiger partial charge in [0.2, 0.25) is 0 Å². The molecular weight excluding hydrogens is 288 g/mol. The Morgan fingerprint density at radius 1 is 1.19 bits per heavy atom. The van der Waals surface area contributed by atoms with Crippen molar-refractivity contribution in [1.82, 2.24) is 4.90 Å². The first kappa shape index (κ1) is 16.0. The monoisotopic (exact) mass is 310 g/mol. The smallest absolute Gasteiger partial charge is 0.253 e. The number of hydrogen-bond donors (Lipinski definition) is 1. The summed E-state index contributed by atoms with van der Waals surface area (Å²) in [4.78, 5) is 14.4. The summed E-state index contributed by atoms with van der Waals surface area (Å²) < 4.78 is 22.9. The van der Waals surface area contributed by atoms with Gasteiger partial charge in [0.05, 0.1) is 4.90 Å². The highest BCUT2D eigenvalue weighted by Gasteiger charge is 2.28. The van der Waals surface area contributed by atoms with Gasteiger partial charge >= 0.3 is 0 Å². The van der Waals surface area contributed by atoms with Crippen molar-refractivity contribution >= 4 is 15.7 Å². The van der Waals surface area contributed by atoms with Crippen molar-refractivity contribution in [3.8, 4) is 0 Å². The van der Waals surface area contributed by atoms with Gasteiger partial charge in [-0.1, -0.05) is 12.8 Å². The third kappa shape index (κ3) is 3.63. The van der Waals surface area contributed by atoms with Gasteiger partial charge in [0, 0.05) is 31.0 Å². The first-order valence-corrected chi connectivity index (χ1v) is 9.02. The number of carbonyl (C=O) groups excluding carboxylic acids is 1. The lowest BCUT2D eigenvalue weighted by atomic mass is 9.90. The highest BCUT2D eigenvalue weighted by molar-refractivity contribution is 7.90. The second kappa shape index (κ2) is 6.15. The van der Waals surface area contributed by atoms with Crippen molar-refractivity contribution in [2.75, 3.05) is 13.3 Å². The summed E-state index contributed by atoms with van der Waals surface area (Å²) in [6.07, 6.45) is 5.21. The Balaban J connectivity index is 2.15. The minimum Gasteiger partial charge on any atom is -0.337 e. The van der Waals surface area contributed by atoms with Crippen LogP contribution in [0.2, 0.25) is 0 Å². The summed E-state index contributed by atoms with van der Waals surface area (Å²) in [5.41, 5.74) is 6.59. The average molecular weight is 310 g/mol. The lowest BCUT2D eigenvalue weighted by Gasteiger charge is -2.36. The van der Waals surface area contributed by atoms with E-state index < -0.39 is 9.84 Å². The topological polar surface area (TPSA) is 80.5 Å². The van der Waals surface area contributed by atoms with Crippen molar-refractivity contribution < 1.29 is 13.2 Å². The number of carbonyl (C=O) groups is 1. The van der Waals surface area contributed by atoms with E-state index >= 15 is 0 Å². The molecule has 1 aliphatic carbocycles. The Hall–Kier alpha value is -1.40. The molecule has 1 fully saturated rings. The molecule has 2 rings (SSSR count). The van der Waals surface area contributed by atoms with Crippen LogP contribution < -0.4 is 5.73 Å². The number of benzene rings is 1. The maximum atomic E-state index is 12.5. The van der Waals surface area contributed by atoms with Crippen molar-refractivity contribution in [2.24, 2.45) is 5.73 Å². The molecule has 1 aromatic rings. The second-order valence-corrected chi connectivity index (χ2v) is 7.74. The fourth-order valence-corrected chi connectivity index (χ4v) is 3.45. The van der Waals surface area contributed by atoms with E-state index in [0.29, 0.717) is 5.56 Å². The zero-order valence-corrected chi connectivity index (χ0v) is 13.3. The Bertz CT molecular complexity index is 610. The molecule has 0 aromatic heterocycles. The van der Waals surface area contributed by atoms with Gasteiger partial charge in [-0.2, -0.15) is 0 Å². The first-order chi connectivity index (χ1) is 9.80. The van der Waals surface area contributed by atoms with Crippen LogP contribution in [-0.4, -0.2) is 44.6 Å². The standard InChI is InChI=1S/C15H22N2O3S/c1-17(14-6-4-3-5-13(14)16)15(18)11-7-9-12(10-8-11)21(2,19)20/h7-10,13-14H,3-6,16H2,1-2H3. The number of rotatable bonds is 3. The molecular formula is C15H22N2O3S. The quantitative estimate of drug-likeness (QED) is 0.916. The molecule has 0 radical (unpaired) electrons. The molecule has 0 saturated heterocycles. The molecule has 5 nitrogen and oxygen atoms in total. The van der Waals surface area contributed by atoms with Crippen LogP contribution in [0.4, 0.5) is 0 Å². The first-order valence-electron chi connectivity index (χ1n) is 7.13. The normalized spacial score (nSPS) is 22.8. The van der Waals surface area contributed by atoms with E-state index in [1.165, 1.54) is 12.1 Å². The number of nitrogens with two attached hydrogens (primary N) is 1. The van der Waals surface area contributed by atoms with E-state index in [1.54, 1.807) is 24.1 Å². The summed E-state index contributed by atoms with van der Waals surface area (Å²) in [7, 11) is -1.47. The van der Waals surface area contributed by atoms with Gasteiger partial charge in [-0.05, 0) is 37.1 Å². The summed E-state index contributed by atoms with van der Waals surface area (Å²) in [6, 6.07) is 6.13. The largest absolute Gasteiger partial charge is 0.337 e. The predicted molar refractivity (Wildman–Crippen MR) is 81.9 cm³/mol. The van der Waals surface area contributed by atoms with Gasteiger partial charge in [0.15, 0.2) is 9.84 Å². The van der Waals surface area contributed by atoms with E-state index in [9.17, 15) is 13.2 Å². The molecule has 0 aliphatic heterocycles. The lowest BCUT2D eigenvalue weighted by molar-refractivity contribution is 0.0672. The molecule has 1 amide bonds. The third-order valence-corrected chi connectivity index (χ3v) is 5.26. The Morgan fingerprint density at radius 2 is 1.76 bits per heavy atom. The molecule has 0 heterocycles. The number of nitrogens with zero attached hydrogens (tertiary/aromatic N) is 1. The minimum absolute atomic E-state index is 0.0167. The zero-order valence-electron chi connectivity index (χ0n) is 12.5. The summed E-state index contributed by atoms with van der Waals surface area (Å²) in [6.45, 7) is 0. The van der Waals surface area contributed by atoms with Crippen LogP contribution in [0.15, 0.2) is 29.2 Å². The molecule has 2 N–H and O–H groups in total. The summed E-state index contributed by atoms with van der Waals surface area (Å²) >= 11 is 0. The molecule has 6 heteroatoms. The Kier molecular flexibility index (Phi) is 4.68. The maximum absolute atomic E-state index is 12.5. The zero-order chi connectivity index (χ0) is 15.6. The van der Waals surface area contributed by atoms with Gasteiger partial charge < -0.3 is 10.6 Å². The highest BCUT2D eigenvalue weighted by atomic mass is 32.2.